The van der Waals surface area contributed by atoms with E-state index < -0.39 is 0 Å². The van der Waals surface area contributed by atoms with Crippen LogP contribution in [-0.2, 0) is 6.61 Å². The zero-order valence-corrected chi connectivity index (χ0v) is 15.5. The normalized spacial score (nSPS) is 11.0. The van der Waals surface area contributed by atoms with Crippen LogP contribution in [0.3, 0.4) is 0 Å². The van der Waals surface area contributed by atoms with Crippen molar-refractivity contribution in [1.29, 1.82) is 0 Å². The summed E-state index contributed by atoms with van der Waals surface area (Å²) >= 11 is 9.26. The molecule has 0 bridgehead atoms. The van der Waals surface area contributed by atoms with Gasteiger partial charge in [0.15, 0.2) is 5.78 Å². The summed E-state index contributed by atoms with van der Waals surface area (Å²) in [5.41, 5.74) is 0.621. The number of furan rings is 1. The van der Waals surface area contributed by atoms with Crippen LogP contribution >= 0.6 is 27.5 Å². The van der Waals surface area contributed by atoms with E-state index >= 15 is 0 Å². The van der Waals surface area contributed by atoms with Crippen LogP contribution in [0.4, 0.5) is 0 Å². The van der Waals surface area contributed by atoms with Gasteiger partial charge in [-0.2, -0.15) is 0 Å². The number of ether oxygens (including phenoxy) is 1. The van der Waals surface area contributed by atoms with Crippen molar-refractivity contribution in [3.63, 3.8) is 0 Å². The molecule has 3 nitrogen and oxygen atoms in total. The van der Waals surface area contributed by atoms with E-state index in [0.717, 1.165) is 4.47 Å². The summed E-state index contributed by atoms with van der Waals surface area (Å²) in [7, 11) is 0. The minimum Gasteiger partial charge on any atom is -0.486 e. The maximum absolute atomic E-state index is 12.1. The number of benzene rings is 2. The number of halogens is 2. The van der Waals surface area contributed by atoms with E-state index in [-0.39, 0.29) is 12.4 Å². The lowest BCUT2D eigenvalue weighted by molar-refractivity contribution is 0.104. The Hall–Kier alpha value is -2.30. The average molecular weight is 418 g/mol. The number of hydrogen-bond acceptors (Lipinski definition) is 3. The van der Waals surface area contributed by atoms with Crippen LogP contribution in [0.5, 0.6) is 5.75 Å². The molecule has 1 aromatic heterocycles. The number of carbonyl (C=O) groups is 1. The topological polar surface area (TPSA) is 39.4 Å². The first-order valence-electron chi connectivity index (χ1n) is 7.55. The Morgan fingerprint density at radius 1 is 1.12 bits per heavy atom. The molecule has 3 aromatic rings. The second kappa shape index (κ2) is 8.19. The van der Waals surface area contributed by atoms with Crippen molar-refractivity contribution in [3.05, 3.63) is 93.3 Å². The van der Waals surface area contributed by atoms with Gasteiger partial charge in [0.05, 0.1) is 0 Å². The van der Waals surface area contributed by atoms with Gasteiger partial charge in [0, 0.05) is 15.1 Å². The molecular weight excluding hydrogens is 404 g/mol. The Kier molecular flexibility index (Phi) is 5.74. The van der Waals surface area contributed by atoms with Crippen molar-refractivity contribution in [1.82, 2.24) is 0 Å². The fourth-order valence-corrected chi connectivity index (χ4v) is 2.59. The Labute approximate surface area is 159 Å². The quantitative estimate of drug-likeness (QED) is 0.355. The third-order valence-electron chi connectivity index (χ3n) is 3.39. The predicted molar refractivity (Wildman–Crippen MR) is 102 cm³/mol. The standard InChI is InChI=1S/C20H14BrClO3/c21-15-6-4-14(5-7-15)20(23)11-10-17-8-9-19(25-17)13-24-18-3-1-2-16(22)12-18/h1-12H,13H2/b11-10+. The van der Waals surface area contributed by atoms with E-state index in [4.69, 9.17) is 20.8 Å². The van der Waals surface area contributed by atoms with Crippen LogP contribution in [0.25, 0.3) is 6.08 Å². The van der Waals surface area contributed by atoms with Crippen molar-refractivity contribution in [3.8, 4) is 5.75 Å². The molecule has 0 saturated heterocycles. The lowest BCUT2D eigenvalue weighted by Gasteiger charge is -2.03. The van der Waals surface area contributed by atoms with E-state index in [1.54, 1.807) is 36.4 Å². The van der Waals surface area contributed by atoms with Crippen LogP contribution < -0.4 is 4.74 Å². The van der Waals surface area contributed by atoms with Gasteiger partial charge >= 0.3 is 0 Å². The zero-order valence-electron chi connectivity index (χ0n) is 13.1. The van der Waals surface area contributed by atoms with Crippen LogP contribution in [0.15, 0.2) is 75.6 Å². The van der Waals surface area contributed by atoms with Gasteiger partial charge in [0.2, 0.25) is 0 Å². The molecular formula is C20H14BrClO3. The molecule has 0 amide bonds. The van der Waals surface area contributed by atoms with E-state index in [0.29, 0.717) is 27.9 Å². The highest BCUT2D eigenvalue weighted by atomic mass is 79.9. The van der Waals surface area contributed by atoms with E-state index in [1.165, 1.54) is 6.08 Å². The van der Waals surface area contributed by atoms with Crippen molar-refractivity contribution >= 4 is 39.4 Å². The van der Waals surface area contributed by atoms with Gasteiger partial charge in [-0.05, 0) is 66.7 Å². The molecule has 0 aliphatic carbocycles. The first kappa shape index (κ1) is 17.5. The Bertz CT molecular complexity index is 897. The van der Waals surface area contributed by atoms with Gasteiger partial charge < -0.3 is 9.15 Å². The van der Waals surface area contributed by atoms with E-state index in [2.05, 4.69) is 15.9 Å². The third-order valence-corrected chi connectivity index (χ3v) is 4.15. The molecule has 0 aliphatic rings. The lowest BCUT2D eigenvalue weighted by Crippen LogP contribution is -1.93. The molecule has 0 unspecified atom stereocenters. The Morgan fingerprint density at radius 2 is 1.92 bits per heavy atom. The molecule has 0 N–H and O–H groups in total. The molecule has 126 valence electrons. The smallest absolute Gasteiger partial charge is 0.185 e. The first-order valence-corrected chi connectivity index (χ1v) is 8.72. The molecule has 0 radical (unpaired) electrons. The predicted octanol–water partition coefficient (Wildman–Crippen LogP) is 6.17. The fraction of sp³-hybridized carbons (Fsp3) is 0.0500. The molecule has 0 spiro atoms. The molecule has 0 atom stereocenters. The van der Waals surface area contributed by atoms with Crippen molar-refractivity contribution in [2.75, 3.05) is 0 Å². The van der Waals surface area contributed by atoms with Crippen LogP contribution in [0.1, 0.15) is 21.9 Å². The summed E-state index contributed by atoms with van der Waals surface area (Å²) in [5, 5.41) is 0.618. The van der Waals surface area contributed by atoms with Gasteiger partial charge in [-0.15, -0.1) is 0 Å². The van der Waals surface area contributed by atoms with E-state index in [1.807, 2.05) is 30.3 Å². The van der Waals surface area contributed by atoms with Crippen LogP contribution in [-0.4, -0.2) is 5.78 Å². The zero-order chi connectivity index (χ0) is 17.6. The van der Waals surface area contributed by atoms with Gasteiger partial charge in [0.1, 0.15) is 23.9 Å². The second-order valence-corrected chi connectivity index (χ2v) is 6.61. The second-order valence-electron chi connectivity index (χ2n) is 5.25. The number of rotatable bonds is 6. The molecule has 1 heterocycles. The molecule has 5 heteroatoms. The summed E-state index contributed by atoms with van der Waals surface area (Å²) in [6.45, 7) is 0.287. The van der Waals surface area contributed by atoms with Crippen molar-refractivity contribution in [2.45, 2.75) is 6.61 Å². The maximum atomic E-state index is 12.1. The Morgan fingerprint density at radius 3 is 2.68 bits per heavy atom. The number of hydrogen-bond donors (Lipinski definition) is 0. The molecule has 0 fully saturated rings. The monoisotopic (exact) mass is 416 g/mol. The first-order chi connectivity index (χ1) is 12.1. The number of ketones is 1. The van der Waals surface area contributed by atoms with Gasteiger partial charge in [-0.1, -0.05) is 33.6 Å². The van der Waals surface area contributed by atoms with Crippen molar-refractivity contribution < 1.29 is 13.9 Å². The highest BCUT2D eigenvalue weighted by Crippen LogP contribution is 2.19. The SMILES string of the molecule is O=C(/C=C/c1ccc(COc2cccc(Cl)c2)o1)c1ccc(Br)cc1. The number of allylic oxidation sites excluding steroid dienone is 1. The Balaban J connectivity index is 1.59. The third kappa shape index (κ3) is 5.08. The van der Waals surface area contributed by atoms with Gasteiger partial charge in [-0.25, -0.2) is 0 Å². The maximum Gasteiger partial charge on any atom is 0.185 e. The lowest BCUT2D eigenvalue weighted by atomic mass is 10.1. The largest absolute Gasteiger partial charge is 0.486 e. The van der Waals surface area contributed by atoms with Crippen LogP contribution in [0, 0.1) is 0 Å². The summed E-state index contributed by atoms with van der Waals surface area (Å²) < 4.78 is 12.2. The van der Waals surface area contributed by atoms with Gasteiger partial charge in [0.25, 0.3) is 0 Å². The highest BCUT2D eigenvalue weighted by Gasteiger charge is 2.04. The average Bonchev–Trinajstić information content (AvgIpc) is 3.06. The molecule has 3 rings (SSSR count). The molecule has 0 aliphatic heterocycles. The minimum absolute atomic E-state index is 0.0828. The summed E-state index contributed by atoms with van der Waals surface area (Å²) in [6.07, 6.45) is 3.14. The van der Waals surface area contributed by atoms with Crippen LogP contribution in [0.2, 0.25) is 5.02 Å². The van der Waals surface area contributed by atoms with Gasteiger partial charge in [-0.3, -0.25) is 4.79 Å². The number of carbonyl (C=O) groups excluding carboxylic acids is 1. The summed E-state index contributed by atoms with van der Waals surface area (Å²) in [6, 6.07) is 18.0. The van der Waals surface area contributed by atoms with E-state index in [9.17, 15) is 4.79 Å². The molecule has 0 saturated carbocycles. The van der Waals surface area contributed by atoms with Crippen molar-refractivity contribution in [2.24, 2.45) is 0 Å². The summed E-state index contributed by atoms with van der Waals surface area (Å²) in [4.78, 5) is 12.1. The molecule has 25 heavy (non-hydrogen) atoms. The molecule has 2 aromatic carbocycles. The summed E-state index contributed by atoms with van der Waals surface area (Å²) in [5.74, 6) is 1.85. The minimum atomic E-state index is -0.0828. The fourth-order valence-electron chi connectivity index (χ4n) is 2.14. The highest BCUT2D eigenvalue weighted by molar-refractivity contribution is 9.10.